The van der Waals surface area contributed by atoms with E-state index in [2.05, 4.69) is 38.9 Å². The third-order valence-electron chi connectivity index (χ3n) is 2.17. The van der Waals surface area contributed by atoms with Crippen LogP contribution in [0, 0.1) is 0 Å². The Hall–Kier alpha value is -0.960. The molecule has 0 N–H and O–H groups in total. The minimum Gasteiger partial charge on any atom is -0.241 e. The minimum absolute atomic E-state index is 1.01. The fraction of sp³-hybridized carbons (Fsp3) is 0.273. The summed E-state index contributed by atoms with van der Waals surface area (Å²) in [6, 6.07) is 6.10. The van der Waals surface area contributed by atoms with Crippen molar-refractivity contribution in [2.24, 2.45) is 0 Å². The summed E-state index contributed by atoms with van der Waals surface area (Å²) in [5, 5.41) is 1.16. The summed E-state index contributed by atoms with van der Waals surface area (Å²) < 4.78 is 1.08. The number of hydrogen-bond donors (Lipinski definition) is 0. The summed E-state index contributed by atoms with van der Waals surface area (Å²) in [5.41, 5.74) is 2.16. The van der Waals surface area contributed by atoms with E-state index in [-0.39, 0.29) is 0 Å². The van der Waals surface area contributed by atoms with Gasteiger partial charge >= 0.3 is 0 Å². The van der Waals surface area contributed by atoms with E-state index in [1.807, 2.05) is 12.1 Å². The SMILES string of the molecule is CCCc1ncnc2ccc(Br)cc12. The number of fused-ring (bicyclic) bond motifs is 1. The monoisotopic (exact) mass is 250 g/mol. The van der Waals surface area contributed by atoms with Crippen molar-refractivity contribution in [1.82, 2.24) is 9.97 Å². The van der Waals surface area contributed by atoms with Crippen molar-refractivity contribution in [3.63, 3.8) is 0 Å². The Balaban J connectivity index is 2.64. The second kappa shape index (κ2) is 4.05. The molecule has 0 bridgehead atoms. The van der Waals surface area contributed by atoms with Crippen LogP contribution in [-0.4, -0.2) is 9.97 Å². The molecule has 3 heteroatoms. The van der Waals surface area contributed by atoms with E-state index in [0.717, 1.165) is 33.9 Å². The van der Waals surface area contributed by atoms with Gasteiger partial charge in [-0.05, 0) is 24.6 Å². The summed E-state index contributed by atoms with van der Waals surface area (Å²) in [4.78, 5) is 8.54. The van der Waals surface area contributed by atoms with Gasteiger partial charge in [0, 0.05) is 9.86 Å². The third-order valence-corrected chi connectivity index (χ3v) is 2.66. The molecule has 1 heterocycles. The quantitative estimate of drug-likeness (QED) is 0.817. The molecule has 0 spiro atoms. The first kappa shape index (κ1) is 9.59. The predicted octanol–water partition coefficient (Wildman–Crippen LogP) is 3.34. The average molecular weight is 251 g/mol. The number of nitrogens with zero attached hydrogens (tertiary/aromatic N) is 2. The molecule has 0 saturated heterocycles. The van der Waals surface area contributed by atoms with Gasteiger partial charge in [-0.25, -0.2) is 9.97 Å². The highest BCUT2D eigenvalue weighted by Gasteiger charge is 2.02. The Labute approximate surface area is 91.5 Å². The molecule has 0 atom stereocenters. The van der Waals surface area contributed by atoms with Crippen molar-refractivity contribution in [2.75, 3.05) is 0 Å². The van der Waals surface area contributed by atoms with E-state index in [1.165, 1.54) is 0 Å². The highest BCUT2D eigenvalue weighted by molar-refractivity contribution is 9.10. The third kappa shape index (κ3) is 1.77. The molecule has 0 radical (unpaired) electrons. The first-order valence-corrected chi connectivity index (χ1v) is 5.49. The molecule has 0 saturated carbocycles. The van der Waals surface area contributed by atoms with Gasteiger partial charge in [-0.1, -0.05) is 29.3 Å². The number of benzene rings is 1. The lowest BCUT2D eigenvalue weighted by atomic mass is 10.1. The maximum absolute atomic E-state index is 4.31. The van der Waals surface area contributed by atoms with Gasteiger partial charge in [0.05, 0.1) is 11.2 Å². The van der Waals surface area contributed by atoms with E-state index in [4.69, 9.17) is 0 Å². The van der Waals surface area contributed by atoms with Crippen LogP contribution in [0.3, 0.4) is 0 Å². The lowest BCUT2D eigenvalue weighted by Gasteiger charge is -2.03. The summed E-state index contributed by atoms with van der Waals surface area (Å²) >= 11 is 3.46. The smallest absolute Gasteiger partial charge is 0.116 e. The highest BCUT2D eigenvalue weighted by atomic mass is 79.9. The largest absolute Gasteiger partial charge is 0.241 e. The zero-order valence-electron chi connectivity index (χ0n) is 8.00. The second-order valence-electron chi connectivity index (χ2n) is 3.23. The molecule has 0 fully saturated rings. The number of aryl methyl sites for hydroxylation is 1. The molecule has 1 aromatic heterocycles. The number of aromatic nitrogens is 2. The fourth-order valence-electron chi connectivity index (χ4n) is 1.52. The number of halogens is 1. The molecule has 0 aliphatic heterocycles. The Bertz CT molecular complexity index is 454. The molecule has 2 aromatic rings. The first-order chi connectivity index (χ1) is 6.81. The Morgan fingerprint density at radius 1 is 1.29 bits per heavy atom. The first-order valence-electron chi connectivity index (χ1n) is 4.70. The summed E-state index contributed by atoms with van der Waals surface area (Å²) in [6.45, 7) is 2.16. The van der Waals surface area contributed by atoms with Crippen LogP contribution in [0.1, 0.15) is 19.0 Å². The van der Waals surface area contributed by atoms with E-state index < -0.39 is 0 Å². The standard InChI is InChI=1S/C11H11BrN2/c1-2-3-10-9-6-8(12)4-5-11(9)14-7-13-10/h4-7H,2-3H2,1H3. The zero-order chi connectivity index (χ0) is 9.97. The van der Waals surface area contributed by atoms with Gasteiger partial charge in [-0.3, -0.25) is 0 Å². The number of hydrogen-bond acceptors (Lipinski definition) is 2. The van der Waals surface area contributed by atoms with Crippen molar-refractivity contribution in [2.45, 2.75) is 19.8 Å². The molecule has 0 amide bonds. The van der Waals surface area contributed by atoms with Crippen LogP contribution in [0.5, 0.6) is 0 Å². The summed E-state index contributed by atoms with van der Waals surface area (Å²) in [5.74, 6) is 0. The van der Waals surface area contributed by atoms with Crippen LogP contribution >= 0.6 is 15.9 Å². The molecule has 0 aliphatic carbocycles. The van der Waals surface area contributed by atoms with Gasteiger partial charge in [-0.15, -0.1) is 0 Å². The Morgan fingerprint density at radius 2 is 2.14 bits per heavy atom. The molecule has 0 aliphatic rings. The molecule has 72 valence electrons. The van der Waals surface area contributed by atoms with Gasteiger partial charge in [0.2, 0.25) is 0 Å². The van der Waals surface area contributed by atoms with Crippen molar-refractivity contribution in [3.05, 3.63) is 34.7 Å². The predicted molar refractivity (Wildman–Crippen MR) is 61.2 cm³/mol. The van der Waals surface area contributed by atoms with Crippen LogP contribution < -0.4 is 0 Å². The van der Waals surface area contributed by atoms with E-state index in [9.17, 15) is 0 Å². The van der Waals surface area contributed by atoms with E-state index in [1.54, 1.807) is 6.33 Å². The second-order valence-corrected chi connectivity index (χ2v) is 4.15. The lowest BCUT2D eigenvalue weighted by Crippen LogP contribution is -1.92. The molecule has 1 aromatic carbocycles. The number of rotatable bonds is 2. The normalized spacial score (nSPS) is 10.7. The topological polar surface area (TPSA) is 25.8 Å². The van der Waals surface area contributed by atoms with Crippen LogP contribution in [-0.2, 0) is 6.42 Å². The summed E-state index contributed by atoms with van der Waals surface area (Å²) in [6.07, 6.45) is 3.76. The van der Waals surface area contributed by atoms with Crippen molar-refractivity contribution < 1.29 is 0 Å². The summed E-state index contributed by atoms with van der Waals surface area (Å²) in [7, 11) is 0. The van der Waals surface area contributed by atoms with Crippen LogP contribution in [0.15, 0.2) is 29.0 Å². The van der Waals surface area contributed by atoms with E-state index >= 15 is 0 Å². The van der Waals surface area contributed by atoms with Gasteiger partial charge < -0.3 is 0 Å². The Morgan fingerprint density at radius 3 is 2.93 bits per heavy atom. The zero-order valence-corrected chi connectivity index (χ0v) is 9.58. The molecule has 2 nitrogen and oxygen atoms in total. The van der Waals surface area contributed by atoms with Gasteiger partial charge in [0.25, 0.3) is 0 Å². The maximum atomic E-state index is 4.31. The van der Waals surface area contributed by atoms with Crippen molar-refractivity contribution >= 4 is 26.8 Å². The maximum Gasteiger partial charge on any atom is 0.116 e. The Kier molecular flexibility index (Phi) is 2.77. The van der Waals surface area contributed by atoms with Gasteiger partial charge in [-0.2, -0.15) is 0 Å². The molecule has 0 unspecified atom stereocenters. The average Bonchev–Trinajstić information content (AvgIpc) is 2.19. The van der Waals surface area contributed by atoms with Crippen molar-refractivity contribution in [1.29, 1.82) is 0 Å². The molecule has 2 rings (SSSR count). The molecule has 14 heavy (non-hydrogen) atoms. The molecular weight excluding hydrogens is 240 g/mol. The minimum atomic E-state index is 1.01. The molecular formula is C11H11BrN2. The van der Waals surface area contributed by atoms with Crippen LogP contribution in [0.2, 0.25) is 0 Å². The fourth-order valence-corrected chi connectivity index (χ4v) is 1.88. The lowest BCUT2D eigenvalue weighted by molar-refractivity contribution is 0.886. The van der Waals surface area contributed by atoms with Crippen LogP contribution in [0.25, 0.3) is 10.9 Å². The highest BCUT2D eigenvalue weighted by Crippen LogP contribution is 2.20. The van der Waals surface area contributed by atoms with Gasteiger partial charge in [0.15, 0.2) is 0 Å². The van der Waals surface area contributed by atoms with Crippen LogP contribution in [0.4, 0.5) is 0 Å². The van der Waals surface area contributed by atoms with Gasteiger partial charge in [0.1, 0.15) is 6.33 Å². The van der Waals surface area contributed by atoms with Crippen molar-refractivity contribution in [3.8, 4) is 0 Å². The van der Waals surface area contributed by atoms with E-state index in [0.29, 0.717) is 0 Å².